The molecule has 0 spiro atoms. The van der Waals surface area contributed by atoms with Crippen LogP contribution in [0.1, 0.15) is 13.3 Å². The summed E-state index contributed by atoms with van der Waals surface area (Å²) in [4.78, 5) is 29.8. The molecule has 0 aliphatic rings. The molecular formula is C20H22BrN5O3. The van der Waals surface area contributed by atoms with Crippen molar-refractivity contribution in [3.05, 3.63) is 55.8 Å². The van der Waals surface area contributed by atoms with Crippen LogP contribution in [0.25, 0.3) is 28.2 Å². The topological polar surface area (TPSA) is 75.5 Å². The number of imidazole rings is 2. The second kappa shape index (κ2) is 7.64. The fraction of sp³-hybridized carbons (Fsp3) is 0.350. The zero-order valence-electron chi connectivity index (χ0n) is 16.6. The summed E-state index contributed by atoms with van der Waals surface area (Å²) < 4.78 is 12.9. The van der Waals surface area contributed by atoms with Gasteiger partial charge in [-0.1, -0.05) is 28.1 Å². The van der Waals surface area contributed by atoms with Gasteiger partial charge in [0, 0.05) is 44.5 Å². The van der Waals surface area contributed by atoms with E-state index in [1.54, 1.807) is 11.4 Å². The van der Waals surface area contributed by atoms with E-state index in [4.69, 9.17) is 4.74 Å². The first kappa shape index (κ1) is 19.7. The van der Waals surface area contributed by atoms with E-state index in [9.17, 15) is 9.59 Å². The molecule has 3 aromatic heterocycles. The molecule has 1 aromatic carbocycles. The Labute approximate surface area is 175 Å². The molecule has 152 valence electrons. The zero-order chi connectivity index (χ0) is 20.7. The fourth-order valence-electron chi connectivity index (χ4n) is 3.56. The predicted molar refractivity (Wildman–Crippen MR) is 115 cm³/mol. The van der Waals surface area contributed by atoms with E-state index < -0.39 is 0 Å². The number of hydrogen-bond acceptors (Lipinski definition) is 4. The summed E-state index contributed by atoms with van der Waals surface area (Å²) in [5, 5.41) is 0. The molecule has 0 radical (unpaired) electrons. The molecule has 0 aliphatic heterocycles. The van der Waals surface area contributed by atoms with Gasteiger partial charge in [-0.2, -0.15) is 4.98 Å². The predicted octanol–water partition coefficient (Wildman–Crippen LogP) is 2.54. The van der Waals surface area contributed by atoms with E-state index in [0.717, 1.165) is 26.7 Å². The molecule has 8 nitrogen and oxygen atoms in total. The van der Waals surface area contributed by atoms with E-state index >= 15 is 0 Å². The van der Waals surface area contributed by atoms with Gasteiger partial charge in [0.2, 0.25) is 5.78 Å². The van der Waals surface area contributed by atoms with E-state index in [0.29, 0.717) is 36.7 Å². The molecule has 0 saturated heterocycles. The van der Waals surface area contributed by atoms with Crippen LogP contribution in [0, 0.1) is 0 Å². The molecule has 0 fully saturated rings. The average Bonchev–Trinajstić information content (AvgIpc) is 3.25. The highest BCUT2D eigenvalue weighted by molar-refractivity contribution is 9.10. The number of rotatable bonds is 6. The van der Waals surface area contributed by atoms with Gasteiger partial charge in [-0.25, -0.2) is 4.79 Å². The largest absolute Gasteiger partial charge is 0.382 e. The van der Waals surface area contributed by atoms with Crippen LogP contribution < -0.4 is 11.2 Å². The van der Waals surface area contributed by atoms with Gasteiger partial charge >= 0.3 is 5.69 Å². The first-order valence-corrected chi connectivity index (χ1v) is 10.2. The third-order valence-corrected chi connectivity index (χ3v) is 5.60. The summed E-state index contributed by atoms with van der Waals surface area (Å²) in [5.41, 5.74) is 2.00. The Kier molecular flexibility index (Phi) is 5.18. The van der Waals surface area contributed by atoms with Crippen molar-refractivity contribution in [2.45, 2.75) is 19.9 Å². The highest BCUT2D eigenvalue weighted by Gasteiger charge is 2.20. The molecule has 29 heavy (non-hydrogen) atoms. The number of hydrogen-bond donors (Lipinski definition) is 0. The molecule has 0 N–H and O–H groups in total. The van der Waals surface area contributed by atoms with Crippen molar-refractivity contribution >= 4 is 32.9 Å². The first-order chi connectivity index (χ1) is 13.9. The minimum absolute atomic E-state index is 0.357. The van der Waals surface area contributed by atoms with Crippen LogP contribution in [0.4, 0.5) is 0 Å². The van der Waals surface area contributed by atoms with Crippen molar-refractivity contribution in [2.75, 3.05) is 13.2 Å². The summed E-state index contributed by atoms with van der Waals surface area (Å²) >= 11 is 3.47. The van der Waals surface area contributed by atoms with Crippen molar-refractivity contribution in [3.63, 3.8) is 0 Å². The van der Waals surface area contributed by atoms with Crippen molar-refractivity contribution in [1.82, 2.24) is 23.1 Å². The van der Waals surface area contributed by atoms with Crippen LogP contribution in [0.3, 0.4) is 0 Å². The maximum atomic E-state index is 12.8. The van der Waals surface area contributed by atoms with E-state index in [2.05, 4.69) is 25.5 Å². The summed E-state index contributed by atoms with van der Waals surface area (Å²) in [7, 11) is 3.11. The number of nitrogens with zero attached hydrogens (tertiary/aromatic N) is 5. The Morgan fingerprint density at radius 1 is 1.10 bits per heavy atom. The fourth-order valence-corrected chi connectivity index (χ4v) is 3.82. The maximum absolute atomic E-state index is 12.8. The molecule has 3 heterocycles. The lowest BCUT2D eigenvalue weighted by molar-refractivity contribution is 0.142. The lowest BCUT2D eigenvalue weighted by Crippen LogP contribution is -2.37. The van der Waals surface area contributed by atoms with Crippen molar-refractivity contribution in [1.29, 1.82) is 0 Å². The summed E-state index contributed by atoms with van der Waals surface area (Å²) in [6.07, 6.45) is 2.72. The third-order valence-electron chi connectivity index (χ3n) is 5.07. The van der Waals surface area contributed by atoms with Gasteiger partial charge in [-0.05, 0) is 31.0 Å². The number of fused-ring (bicyclic) bond motifs is 3. The Morgan fingerprint density at radius 2 is 1.83 bits per heavy atom. The van der Waals surface area contributed by atoms with Gasteiger partial charge in [0.15, 0.2) is 11.2 Å². The third kappa shape index (κ3) is 3.24. The Bertz CT molecular complexity index is 1310. The van der Waals surface area contributed by atoms with Crippen LogP contribution in [0.15, 0.2) is 44.5 Å². The van der Waals surface area contributed by atoms with Crippen molar-refractivity contribution in [2.24, 2.45) is 14.1 Å². The smallest absolute Gasteiger partial charge is 0.332 e. The first-order valence-electron chi connectivity index (χ1n) is 9.45. The van der Waals surface area contributed by atoms with E-state index in [1.165, 1.54) is 11.6 Å². The van der Waals surface area contributed by atoms with Gasteiger partial charge < -0.3 is 9.30 Å². The van der Waals surface area contributed by atoms with Crippen LogP contribution in [-0.4, -0.2) is 36.3 Å². The molecule has 4 aromatic rings. The molecule has 0 atom stereocenters. The van der Waals surface area contributed by atoms with Gasteiger partial charge in [-0.3, -0.25) is 18.3 Å². The maximum Gasteiger partial charge on any atom is 0.332 e. The molecule has 0 saturated carbocycles. The minimum Gasteiger partial charge on any atom is -0.382 e. The standard InChI is InChI=1S/C20H22BrN5O3/c1-4-29-11-5-10-25-15(13-6-8-14(21)9-7-13)12-26-16-17(22-19(25)26)23(2)20(28)24(3)18(16)27/h6-9,12H,4-5,10-11H2,1-3H3. The molecular weight excluding hydrogens is 438 g/mol. The molecule has 0 amide bonds. The number of aryl methyl sites for hydroxylation is 2. The Hall–Kier alpha value is -2.65. The van der Waals surface area contributed by atoms with Gasteiger partial charge in [-0.15, -0.1) is 0 Å². The van der Waals surface area contributed by atoms with Gasteiger partial charge in [0.1, 0.15) is 0 Å². The monoisotopic (exact) mass is 459 g/mol. The molecule has 0 unspecified atom stereocenters. The van der Waals surface area contributed by atoms with Crippen molar-refractivity contribution in [3.8, 4) is 11.3 Å². The van der Waals surface area contributed by atoms with Gasteiger partial charge in [0.05, 0.1) is 5.69 Å². The number of aromatic nitrogens is 5. The zero-order valence-corrected chi connectivity index (χ0v) is 18.1. The number of benzene rings is 1. The Balaban J connectivity index is 1.98. The van der Waals surface area contributed by atoms with E-state index in [-0.39, 0.29) is 11.2 Å². The Morgan fingerprint density at radius 3 is 2.52 bits per heavy atom. The quantitative estimate of drug-likeness (QED) is 0.415. The second-order valence-corrected chi connectivity index (χ2v) is 7.80. The summed E-state index contributed by atoms with van der Waals surface area (Å²) in [6, 6.07) is 8.01. The molecule has 0 aliphatic carbocycles. The summed E-state index contributed by atoms with van der Waals surface area (Å²) in [5.74, 6) is 0.632. The van der Waals surface area contributed by atoms with Crippen LogP contribution in [-0.2, 0) is 25.4 Å². The molecule has 9 heteroatoms. The highest BCUT2D eigenvalue weighted by atomic mass is 79.9. The second-order valence-electron chi connectivity index (χ2n) is 6.88. The average molecular weight is 460 g/mol. The molecule has 0 bridgehead atoms. The SMILES string of the molecule is CCOCCCn1c(-c2ccc(Br)cc2)cn2c3c(=O)n(C)c(=O)n(C)c3nc12. The minimum atomic E-state index is -0.390. The van der Waals surface area contributed by atoms with Crippen LogP contribution in [0.5, 0.6) is 0 Å². The molecule has 4 rings (SSSR count). The summed E-state index contributed by atoms with van der Waals surface area (Å²) in [6.45, 7) is 3.96. The van der Waals surface area contributed by atoms with Crippen molar-refractivity contribution < 1.29 is 4.74 Å². The highest BCUT2D eigenvalue weighted by Crippen LogP contribution is 2.27. The lowest BCUT2D eigenvalue weighted by Gasteiger charge is -2.09. The normalized spacial score (nSPS) is 11.7. The number of ether oxygens (including phenoxy) is 1. The lowest BCUT2D eigenvalue weighted by atomic mass is 10.1. The van der Waals surface area contributed by atoms with Crippen LogP contribution >= 0.6 is 15.9 Å². The van der Waals surface area contributed by atoms with E-state index in [1.807, 2.05) is 37.4 Å². The number of halogens is 1. The van der Waals surface area contributed by atoms with Crippen LogP contribution in [0.2, 0.25) is 0 Å². The van der Waals surface area contributed by atoms with Gasteiger partial charge in [0.25, 0.3) is 5.56 Å².